The van der Waals surface area contributed by atoms with Crippen molar-refractivity contribution < 1.29 is 36.4 Å². The fourth-order valence-corrected chi connectivity index (χ4v) is 6.17. The smallest absolute Gasteiger partial charge is 0.303 e. The van der Waals surface area contributed by atoms with E-state index >= 15 is 0 Å². The molecule has 1 heterocycles. The summed E-state index contributed by atoms with van der Waals surface area (Å²) in [6, 6.07) is 0. The molecule has 10 heteroatoms. The zero-order valence-corrected chi connectivity index (χ0v) is 24.1. The average molecular weight is 535 g/mol. The highest BCUT2D eigenvalue weighted by Gasteiger charge is 2.48. The number of rotatable bonds is 13. The van der Waals surface area contributed by atoms with Crippen molar-refractivity contribution in [1.29, 1.82) is 0 Å². The Labute approximate surface area is 213 Å². The molecule has 0 radical (unpaired) electrons. The standard InChI is InChI=1S/C25H46O8SSi/c1-25(2,3)35(5,6)31-18-20-19(13-9-7-8-10-14-23(26)27)22(33-34(4,28)29)17-21(20)32-24-15-11-12-16-30-24/h7,9,19-22,24H,8,10-18H2,1-6H3,(H,26,27)/t19-,20-,21-,22+,24?/m1/s1. The van der Waals surface area contributed by atoms with Crippen LogP contribution in [0.3, 0.4) is 0 Å². The van der Waals surface area contributed by atoms with Crippen LogP contribution < -0.4 is 0 Å². The Morgan fingerprint density at radius 3 is 2.43 bits per heavy atom. The number of allylic oxidation sites excluding steroid dienone is 2. The highest BCUT2D eigenvalue weighted by molar-refractivity contribution is 7.86. The minimum Gasteiger partial charge on any atom is -0.481 e. The van der Waals surface area contributed by atoms with Gasteiger partial charge >= 0.3 is 5.97 Å². The molecule has 1 saturated carbocycles. The zero-order chi connectivity index (χ0) is 26.3. The van der Waals surface area contributed by atoms with Crippen LogP contribution in [0.15, 0.2) is 12.2 Å². The van der Waals surface area contributed by atoms with Gasteiger partial charge in [0.25, 0.3) is 10.1 Å². The van der Waals surface area contributed by atoms with Crippen LogP contribution in [0.2, 0.25) is 18.1 Å². The molecule has 1 N–H and O–H groups in total. The largest absolute Gasteiger partial charge is 0.481 e. The summed E-state index contributed by atoms with van der Waals surface area (Å²) in [6.45, 7) is 12.2. The van der Waals surface area contributed by atoms with E-state index in [4.69, 9.17) is 23.2 Å². The third kappa shape index (κ3) is 10.2. The van der Waals surface area contributed by atoms with Crippen molar-refractivity contribution in [2.45, 2.75) is 109 Å². The Morgan fingerprint density at radius 1 is 1.14 bits per heavy atom. The Balaban J connectivity index is 2.21. The van der Waals surface area contributed by atoms with E-state index < -0.39 is 30.5 Å². The van der Waals surface area contributed by atoms with Crippen molar-refractivity contribution in [3.63, 3.8) is 0 Å². The van der Waals surface area contributed by atoms with Gasteiger partial charge in [0.15, 0.2) is 14.6 Å². The maximum Gasteiger partial charge on any atom is 0.303 e. The third-order valence-electron chi connectivity index (χ3n) is 7.51. The van der Waals surface area contributed by atoms with Crippen LogP contribution in [0.25, 0.3) is 0 Å². The summed E-state index contributed by atoms with van der Waals surface area (Å²) >= 11 is 0. The first kappa shape index (κ1) is 30.4. The van der Waals surface area contributed by atoms with E-state index in [1.54, 1.807) is 0 Å². The monoisotopic (exact) mass is 534 g/mol. The van der Waals surface area contributed by atoms with Crippen LogP contribution >= 0.6 is 0 Å². The fourth-order valence-electron chi connectivity index (χ4n) is 4.46. The fraction of sp³-hybridized carbons (Fsp3) is 0.880. The summed E-state index contributed by atoms with van der Waals surface area (Å²) in [4.78, 5) is 10.8. The highest BCUT2D eigenvalue weighted by atomic mass is 32.2. The number of carboxylic acid groups (broad SMARTS) is 1. The van der Waals surface area contributed by atoms with Crippen molar-refractivity contribution in [2.75, 3.05) is 19.5 Å². The van der Waals surface area contributed by atoms with Crippen molar-refractivity contribution in [3.8, 4) is 0 Å². The van der Waals surface area contributed by atoms with Crippen LogP contribution in [-0.2, 0) is 33.0 Å². The predicted octanol–water partition coefficient (Wildman–Crippen LogP) is 5.10. The van der Waals surface area contributed by atoms with E-state index in [9.17, 15) is 13.2 Å². The summed E-state index contributed by atoms with van der Waals surface area (Å²) in [6.07, 6.45) is 9.43. The second kappa shape index (κ2) is 13.1. The molecule has 35 heavy (non-hydrogen) atoms. The molecule has 1 aliphatic heterocycles. The van der Waals surface area contributed by atoms with Gasteiger partial charge in [-0.15, -0.1) is 0 Å². The molecule has 2 aliphatic rings. The van der Waals surface area contributed by atoms with E-state index in [0.29, 0.717) is 38.9 Å². The molecular formula is C25H46O8SSi. The number of carbonyl (C=O) groups is 1. The van der Waals surface area contributed by atoms with Crippen LogP contribution in [0, 0.1) is 11.8 Å². The van der Waals surface area contributed by atoms with Crippen molar-refractivity contribution in [3.05, 3.63) is 12.2 Å². The minimum atomic E-state index is -3.64. The molecule has 5 atom stereocenters. The summed E-state index contributed by atoms with van der Waals surface area (Å²) in [5.41, 5.74) is 0. The quantitative estimate of drug-likeness (QED) is 0.150. The lowest BCUT2D eigenvalue weighted by Crippen LogP contribution is -2.44. The lowest BCUT2D eigenvalue weighted by molar-refractivity contribution is -0.197. The van der Waals surface area contributed by atoms with Crippen LogP contribution in [0.1, 0.15) is 72.1 Å². The van der Waals surface area contributed by atoms with Crippen LogP contribution in [-0.4, -0.2) is 65.8 Å². The maximum absolute atomic E-state index is 12.1. The van der Waals surface area contributed by atoms with Gasteiger partial charge in [-0.2, -0.15) is 8.42 Å². The van der Waals surface area contributed by atoms with Gasteiger partial charge in [-0.25, -0.2) is 0 Å². The van der Waals surface area contributed by atoms with Gasteiger partial charge in [0.05, 0.1) is 18.5 Å². The molecule has 0 amide bonds. The Morgan fingerprint density at radius 2 is 1.86 bits per heavy atom. The number of hydrogen-bond acceptors (Lipinski definition) is 7. The van der Waals surface area contributed by atoms with Crippen molar-refractivity contribution >= 4 is 24.4 Å². The molecule has 0 spiro atoms. The van der Waals surface area contributed by atoms with Gasteiger partial charge in [0.1, 0.15) is 0 Å². The Kier molecular flexibility index (Phi) is 11.4. The maximum atomic E-state index is 12.1. The van der Waals surface area contributed by atoms with Gasteiger partial charge < -0.3 is 19.0 Å². The molecule has 1 aliphatic carbocycles. The van der Waals surface area contributed by atoms with E-state index in [1.165, 1.54) is 0 Å². The topological polar surface area (TPSA) is 108 Å². The molecule has 0 aromatic heterocycles. The van der Waals surface area contributed by atoms with Gasteiger partial charge in [0.2, 0.25) is 0 Å². The summed E-state index contributed by atoms with van der Waals surface area (Å²) in [5, 5.41) is 8.89. The van der Waals surface area contributed by atoms with Gasteiger partial charge in [0, 0.05) is 32.0 Å². The zero-order valence-electron chi connectivity index (χ0n) is 22.3. The van der Waals surface area contributed by atoms with Gasteiger partial charge in [-0.1, -0.05) is 32.9 Å². The Bertz CT molecular complexity index is 799. The molecule has 204 valence electrons. The normalized spacial score (nSPS) is 28.6. The second-order valence-electron chi connectivity index (χ2n) is 11.4. The van der Waals surface area contributed by atoms with Crippen molar-refractivity contribution in [1.82, 2.24) is 0 Å². The number of hydrogen-bond donors (Lipinski definition) is 1. The van der Waals surface area contributed by atoms with E-state index in [0.717, 1.165) is 25.5 Å². The first-order valence-electron chi connectivity index (χ1n) is 12.9. The average Bonchev–Trinajstić information content (AvgIpc) is 3.02. The molecule has 0 aromatic carbocycles. The van der Waals surface area contributed by atoms with Gasteiger partial charge in [-0.3, -0.25) is 8.98 Å². The van der Waals surface area contributed by atoms with Crippen LogP contribution in [0.4, 0.5) is 0 Å². The molecule has 2 rings (SSSR count). The highest BCUT2D eigenvalue weighted by Crippen LogP contribution is 2.43. The molecule has 0 bridgehead atoms. The first-order chi connectivity index (χ1) is 16.2. The summed E-state index contributed by atoms with van der Waals surface area (Å²) in [5.74, 6) is -0.938. The number of carboxylic acids is 1. The minimum absolute atomic E-state index is 0.0370. The number of unbranched alkanes of at least 4 members (excludes halogenated alkanes) is 1. The number of ether oxygens (including phenoxy) is 2. The third-order valence-corrected chi connectivity index (χ3v) is 12.6. The lowest BCUT2D eigenvalue weighted by atomic mass is 9.91. The molecule has 8 nitrogen and oxygen atoms in total. The predicted molar refractivity (Wildman–Crippen MR) is 138 cm³/mol. The molecule has 1 saturated heterocycles. The summed E-state index contributed by atoms with van der Waals surface area (Å²) in [7, 11) is -5.68. The molecule has 2 fully saturated rings. The molecule has 1 unspecified atom stereocenters. The molecular weight excluding hydrogens is 488 g/mol. The Hall–Kier alpha value is -0.783. The first-order valence-corrected chi connectivity index (χ1v) is 17.6. The van der Waals surface area contributed by atoms with E-state index in [-0.39, 0.29) is 35.7 Å². The van der Waals surface area contributed by atoms with E-state index in [2.05, 4.69) is 33.9 Å². The summed E-state index contributed by atoms with van der Waals surface area (Å²) < 4.78 is 48.6. The SMILES string of the molecule is CC(C)(C)[Si](C)(C)OC[C@@H]1[C@@H](CC=CCCCC(=O)O)[C@@H](OS(C)(=O)=O)C[C@H]1OC1CCCCO1. The van der Waals surface area contributed by atoms with Crippen molar-refractivity contribution in [2.24, 2.45) is 11.8 Å². The van der Waals surface area contributed by atoms with Crippen LogP contribution in [0.5, 0.6) is 0 Å². The lowest BCUT2D eigenvalue weighted by Gasteiger charge is -2.38. The van der Waals surface area contributed by atoms with Gasteiger partial charge in [-0.05, 0) is 62.6 Å². The van der Waals surface area contributed by atoms with E-state index in [1.807, 2.05) is 12.2 Å². The molecule has 0 aromatic rings. The second-order valence-corrected chi connectivity index (χ2v) is 17.8. The number of aliphatic carboxylic acids is 1.